The summed E-state index contributed by atoms with van der Waals surface area (Å²) < 4.78 is 0. The number of piperidine rings is 1. The third-order valence-electron chi connectivity index (χ3n) is 5.21. The fraction of sp³-hybridized carbons (Fsp3) is 0.550. The fourth-order valence-corrected chi connectivity index (χ4v) is 3.51. The topological polar surface area (TPSA) is 90.0 Å². The van der Waals surface area contributed by atoms with Crippen LogP contribution in [0, 0.1) is 5.92 Å². The Morgan fingerprint density at radius 3 is 2.33 bits per heavy atom. The molecule has 3 rings (SSSR count). The van der Waals surface area contributed by atoms with E-state index in [2.05, 4.69) is 5.32 Å². The summed E-state index contributed by atoms with van der Waals surface area (Å²) in [5.41, 5.74) is 1.15. The van der Waals surface area contributed by atoms with Crippen molar-refractivity contribution < 1.29 is 19.5 Å². The van der Waals surface area contributed by atoms with Gasteiger partial charge in [-0.05, 0) is 31.2 Å². The van der Waals surface area contributed by atoms with Crippen LogP contribution in [-0.4, -0.2) is 58.5 Å². The minimum absolute atomic E-state index is 0.0441. The Hall–Kier alpha value is -2.57. The first-order valence-corrected chi connectivity index (χ1v) is 9.63. The zero-order valence-corrected chi connectivity index (χ0v) is 15.5. The minimum atomic E-state index is -0.932. The Morgan fingerprint density at radius 2 is 1.74 bits per heavy atom. The number of carbonyl (C=O) groups excluding carboxylic acids is 2. The highest BCUT2D eigenvalue weighted by Gasteiger charge is 2.37. The maximum atomic E-state index is 13.0. The highest BCUT2D eigenvalue weighted by atomic mass is 16.4. The van der Waals surface area contributed by atoms with E-state index in [0.717, 1.165) is 18.4 Å². The Balaban J connectivity index is 1.49. The molecule has 2 N–H and O–H groups in total. The zero-order valence-electron chi connectivity index (χ0n) is 15.5. The number of aliphatic carboxylic acids is 1. The molecule has 7 nitrogen and oxygen atoms in total. The Morgan fingerprint density at radius 1 is 1.07 bits per heavy atom. The summed E-state index contributed by atoms with van der Waals surface area (Å²) in [5, 5.41) is 11.3. The summed E-state index contributed by atoms with van der Waals surface area (Å²) in [5.74, 6) is -0.775. The molecule has 1 aromatic carbocycles. The lowest BCUT2D eigenvalue weighted by atomic mass is 9.95. The predicted octanol–water partition coefficient (Wildman–Crippen LogP) is 2.07. The number of hydrogen-bond acceptors (Lipinski definition) is 3. The quantitative estimate of drug-likeness (QED) is 0.766. The molecule has 1 aromatic rings. The van der Waals surface area contributed by atoms with Crippen LogP contribution in [-0.2, 0) is 16.1 Å². The lowest BCUT2D eigenvalue weighted by Gasteiger charge is -2.34. The van der Waals surface area contributed by atoms with Crippen molar-refractivity contribution in [3.05, 3.63) is 35.9 Å². The number of likely N-dealkylation sites (tertiary alicyclic amines) is 1. The van der Waals surface area contributed by atoms with E-state index in [9.17, 15) is 14.4 Å². The normalized spacial score (nSPS) is 17.4. The van der Waals surface area contributed by atoms with Gasteiger partial charge in [0.15, 0.2) is 0 Å². The van der Waals surface area contributed by atoms with Gasteiger partial charge in [0, 0.05) is 38.1 Å². The number of nitrogens with one attached hydrogen (secondary N) is 1. The molecule has 7 heteroatoms. The lowest BCUT2D eigenvalue weighted by Crippen LogP contribution is -2.48. The van der Waals surface area contributed by atoms with Crippen LogP contribution in [0.4, 0.5) is 4.79 Å². The van der Waals surface area contributed by atoms with Crippen molar-refractivity contribution in [2.24, 2.45) is 5.92 Å². The van der Waals surface area contributed by atoms with E-state index in [0.29, 0.717) is 38.5 Å². The van der Waals surface area contributed by atoms with E-state index >= 15 is 0 Å². The average molecular weight is 373 g/mol. The molecule has 1 heterocycles. The molecule has 0 bridgehead atoms. The predicted molar refractivity (Wildman–Crippen MR) is 100.0 cm³/mol. The van der Waals surface area contributed by atoms with Crippen molar-refractivity contribution in [2.45, 2.75) is 44.7 Å². The van der Waals surface area contributed by atoms with Crippen molar-refractivity contribution in [3.63, 3.8) is 0 Å². The van der Waals surface area contributed by atoms with Gasteiger partial charge in [0.25, 0.3) is 0 Å². The molecular weight excluding hydrogens is 346 g/mol. The second kappa shape index (κ2) is 8.88. The van der Waals surface area contributed by atoms with Gasteiger partial charge < -0.3 is 20.2 Å². The number of benzene rings is 1. The van der Waals surface area contributed by atoms with Crippen LogP contribution in [0.15, 0.2) is 30.3 Å². The number of carboxylic acids is 1. The molecule has 0 aromatic heterocycles. The standard InChI is InChI=1S/C20H27N3O4/c24-18(25)8-11-21-20(27)22-12-9-16(10-13-22)19(26)23(17-6-7-17)14-15-4-2-1-3-5-15/h1-5,16-17H,6-14H2,(H,21,27)(H,24,25). The van der Waals surface area contributed by atoms with Gasteiger partial charge in [-0.15, -0.1) is 0 Å². The van der Waals surface area contributed by atoms with E-state index in [1.165, 1.54) is 0 Å². The van der Waals surface area contributed by atoms with E-state index in [1.54, 1.807) is 4.90 Å². The second-order valence-electron chi connectivity index (χ2n) is 7.32. The van der Waals surface area contributed by atoms with Crippen molar-refractivity contribution >= 4 is 17.9 Å². The van der Waals surface area contributed by atoms with Crippen LogP contribution in [0.2, 0.25) is 0 Å². The van der Waals surface area contributed by atoms with E-state index in [1.807, 2.05) is 35.2 Å². The molecule has 0 spiro atoms. The van der Waals surface area contributed by atoms with Gasteiger partial charge in [0.1, 0.15) is 0 Å². The minimum Gasteiger partial charge on any atom is -0.481 e. The molecular formula is C20H27N3O4. The first kappa shape index (κ1) is 19.2. The molecule has 0 atom stereocenters. The van der Waals surface area contributed by atoms with E-state index in [4.69, 9.17) is 5.11 Å². The number of rotatable bonds is 7. The largest absolute Gasteiger partial charge is 0.481 e. The molecule has 0 unspecified atom stereocenters. The van der Waals surface area contributed by atoms with E-state index < -0.39 is 5.97 Å². The maximum absolute atomic E-state index is 13.0. The van der Waals surface area contributed by atoms with Gasteiger partial charge in [-0.25, -0.2) is 4.79 Å². The molecule has 1 saturated carbocycles. The van der Waals surface area contributed by atoms with Crippen LogP contribution < -0.4 is 5.32 Å². The maximum Gasteiger partial charge on any atom is 0.317 e. The van der Waals surface area contributed by atoms with Crippen molar-refractivity contribution in [1.29, 1.82) is 0 Å². The van der Waals surface area contributed by atoms with Gasteiger partial charge >= 0.3 is 12.0 Å². The zero-order chi connectivity index (χ0) is 19.2. The van der Waals surface area contributed by atoms with Crippen molar-refractivity contribution in [2.75, 3.05) is 19.6 Å². The van der Waals surface area contributed by atoms with E-state index in [-0.39, 0.29) is 30.8 Å². The van der Waals surface area contributed by atoms with Crippen LogP contribution in [0.1, 0.15) is 37.7 Å². The van der Waals surface area contributed by atoms with Gasteiger partial charge in [-0.3, -0.25) is 9.59 Å². The van der Waals surface area contributed by atoms with Gasteiger partial charge in [0.2, 0.25) is 5.91 Å². The number of amides is 3. The molecule has 2 fully saturated rings. The second-order valence-corrected chi connectivity index (χ2v) is 7.32. The van der Waals surface area contributed by atoms with Crippen LogP contribution in [0.5, 0.6) is 0 Å². The highest BCUT2D eigenvalue weighted by Crippen LogP contribution is 2.31. The summed E-state index contributed by atoms with van der Waals surface area (Å²) in [4.78, 5) is 39.3. The number of urea groups is 1. The molecule has 1 aliphatic heterocycles. The van der Waals surface area contributed by atoms with Crippen LogP contribution in [0.25, 0.3) is 0 Å². The molecule has 0 radical (unpaired) electrons. The molecule has 1 saturated heterocycles. The third-order valence-corrected chi connectivity index (χ3v) is 5.21. The third kappa shape index (κ3) is 5.45. The number of nitrogens with zero attached hydrogens (tertiary/aromatic N) is 2. The number of hydrogen-bond donors (Lipinski definition) is 2. The van der Waals surface area contributed by atoms with Crippen LogP contribution >= 0.6 is 0 Å². The highest BCUT2D eigenvalue weighted by molar-refractivity contribution is 5.80. The molecule has 1 aliphatic carbocycles. The van der Waals surface area contributed by atoms with Gasteiger partial charge in [-0.2, -0.15) is 0 Å². The summed E-state index contributed by atoms with van der Waals surface area (Å²) in [6.07, 6.45) is 3.37. The Labute approximate surface area is 159 Å². The van der Waals surface area contributed by atoms with Gasteiger partial charge in [0.05, 0.1) is 6.42 Å². The average Bonchev–Trinajstić information content (AvgIpc) is 3.51. The van der Waals surface area contributed by atoms with Gasteiger partial charge in [-0.1, -0.05) is 30.3 Å². The Kier molecular flexibility index (Phi) is 6.32. The first-order valence-electron chi connectivity index (χ1n) is 9.63. The van der Waals surface area contributed by atoms with Crippen LogP contribution in [0.3, 0.4) is 0 Å². The lowest BCUT2D eigenvalue weighted by molar-refractivity contribution is -0.138. The summed E-state index contributed by atoms with van der Waals surface area (Å²) in [6.45, 7) is 1.83. The number of carbonyl (C=O) groups is 3. The smallest absolute Gasteiger partial charge is 0.317 e. The summed E-state index contributed by atoms with van der Waals surface area (Å²) in [7, 11) is 0. The summed E-state index contributed by atoms with van der Waals surface area (Å²) in [6, 6.07) is 10.2. The SMILES string of the molecule is O=C(O)CCNC(=O)N1CCC(C(=O)N(Cc2ccccc2)C2CC2)CC1. The molecule has 2 aliphatic rings. The van der Waals surface area contributed by atoms with Crippen molar-refractivity contribution in [3.8, 4) is 0 Å². The number of carboxylic acid groups (broad SMARTS) is 1. The summed E-state index contributed by atoms with van der Waals surface area (Å²) >= 11 is 0. The Bertz CT molecular complexity index is 667. The fourth-order valence-electron chi connectivity index (χ4n) is 3.51. The van der Waals surface area contributed by atoms with Crippen molar-refractivity contribution in [1.82, 2.24) is 15.1 Å². The molecule has 27 heavy (non-hydrogen) atoms. The first-order chi connectivity index (χ1) is 13.0. The molecule has 146 valence electrons. The molecule has 3 amide bonds. The monoisotopic (exact) mass is 373 g/mol.